The van der Waals surface area contributed by atoms with Crippen molar-refractivity contribution in [2.45, 2.75) is 32.2 Å². The third-order valence-electron chi connectivity index (χ3n) is 3.18. The molecule has 20 heavy (non-hydrogen) atoms. The molecule has 1 aromatic carbocycles. The van der Waals surface area contributed by atoms with Gasteiger partial charge in [0.25, 0.3) is 11.6 Å². The summed E-state index contributed by atoms with van der Waals surface area (Å²) in [7, 11) is 0. The zero-order chi connectivity index (χ0) is 14.9. The van der Waals surface area contributed by atoms with E-state index in [1.54, 1.807) is 0 Å². The summed E-state index contributed by atoms with van der Waals surface area (Å²) in [6.07, 6.45) is 2.37. The van der Waals surface area contributed by atoms with Crippen LogP contribution in [0, 0.1) is 21.7 Å². The summed E-state index contributed by atoms with van der Waals surface area (Å²) >= 11 is 0. The Morgan fingerprint density at radius 2 is 2.00 bits per heavy atom. The number of halogens is 2. The average Bonchev–Trinajstić information content (AvgIpc) is 3.22. The Kier molecular flexibility index (Phi) is 3.96. The van der Waals surface area contributed by atoms with Gasteiger partial charge in [0, 0.05) is 12.6 Å². The Labute approximate surface area is 114 Å². The summed E-state index contributed by atoms with van der Waals surface area (Å²) in [5, 5.41) is 10.9. The second-order valence-corrected chi connectivity index (χ2v) is 4.77. The molecule has 1 aliphatic rings. The number of nitro groups is 1. The first kappa shape index (κ1) is 14.4. The number of nitrogens with zero attached hydrogens (tertiary/aromatic N) is 2. The van der Waals surface area contributed by atoms with Crippen LogP contribution >= 0.6 is 0 Å². The van der Waals surface area contributed by atoms with Crippen molar-refractivity contribution in [2.24, 2.45) is 0 Å². The van der Waals surface area contributed by atoms with E-state index < -0.39 is 33.7 Å². The maximum Gasteiger partial charge on any atom is 0.285 e. The molecule has 1 aromatic rings. The first-order valence-corrected chi connectivity index (χ1v) is 6.40. The molecular weight excluding hydrogens is 270 g/mol. The molecule has 0 saturated heterocycles. The van der Waals surface area contributed by atoms with Crippen molar-refractivity contribution in [3.05, 3.63) is 39.4 Å². The van der Waals surface area contributed by atoms with Crippen molar-refractivity contribution in [1.29, 1.82) is 0 Å². The van der Waals surface area contributed by atoms with Gasteiger partial charge in [-0.05, 0) is 25.3 Å². The van der Waals surface area contributed by atoms with Crippen LogP contribution in [-0.4, -0.2) is 28.3 Å². The van der Waals surface area contributed by atoms with E-state index in [4.69, 9.17) is 0 Å². The van der Waals surface area contributed by atoms with Crippen molar-refractivity contribution in [2.75, 3.05) is 6.54 Å². The van der Waals surface area contributed by atoms with Gasteiger partial charge in [0.2, 0.25) is 0 Å². The maximum absolute atomic E-state index is 13.3. The van der Waals surface area contributed by atoms with Crippen LogP contribution in [0.4, 0.5) is 14.5 Å². The van der Waals surface area contributed by atoms with Gasteiger partial charge >= 0.3 is 0 Å². The highest BCUT2D eigenvalue weighted by Crippen LogP contribution is 2.31. The number of rotatable bonds is 5. The molecule has 0 aromatic heterocycles. The summed E-state index contributed by atoms with van der Waals surface area (Å²) < 4.78 is 26.4. The highest BCUT2D eigenvalue weighted by Gasteiger charge is 2.35. The highest BCUT2D eigenvalue weighted by molar-refractivity contribution is 5.98. The number of carbonyl (C=O) groups is 1. The third kappa shape index (κ3) is 2.76. The lowest BCUT2D eigenvalue weighted by molar-refractivity contribution is -0.385. The van der Waals surface area contributed by atoms with Crippen LogP contribution < -0.4 is 0 Å². The predicted octanol–water partition coefficient (Wildman–Crippen LogP) is 2.89. The SMILES string of the molecule is CCCN(C(=O)c1cc(F)c(F)cc1[N+](=O)[O-])C1CC1. The van der Waals surface area contributed by atoms with E-state index in [-0.39, 0.29) is 6.04 Å². The van der Waals surface area contributed by atoms with Gasteiger partial charge in [0.15, 0.2) is 11.6 Å². The molecule has 0 unspecified atom stereocenters. The van der Waals surface area contributed by atoms with Crippen molar-refractivity contribution >= 4 is 11.6 Å². The van der Waals surface area contributed by atoms with E-state index in [2.05, 4.69) is 0 Å². The Morgan fingerprint density at radius 3 is 2.50 bits per heavy atom. The normalized spacial score (nSPS) is 14.2. The fourth-order valence-corrected chi connectivity index (χ4v) is 2.09. The fourth-order valence-electron chi connectivity index (χ4n) is 2.09. The van der Waals surface area contributed by atoms with Gasteiger partial charge in [-0.3, -0.25) is 14.9 Å². The largest absolute Gasteiger partial charge is 0.335 e. The van der Waals surface area contributed by atoms with Gasteiger partial charge in [-0.1, -0.05) is 6.92 Å². The van der Waals surface area contributed by atoms with Crippen molar-refractivity contribution in [3.63, 3.8) is 0 Å². The minimum atomic E-state index is -1.33. The zero-order valence-electron chi connectivity index (χ0n) is 10.9. The number of amides is 1. The van der Waals surface area contributed by atoms with Gasteiger partial charge in [0.05, 0.1) is 11.0 Å². The molecule has 0 aliphatic heterocycles. The Morgan fingerprint density at radius 1 is 1.40 bits per heavy atom. The van der Waals surface area contributed by atoms with Gasteiger partial charge in [-0.15, -0.1) is 0 Å². The Bertz CT molecular complexity index is 559. The molecule has 0 atom stereocenters. The molecule has 0 spiro atoms. The molecule has 0 radical (unpaired) electrons. The summed E-state index contributed by atoms with van der Waals surface area (Å²) in [6.45, 7) is 2.32. The van der Waals surface area contributed by atoms with Gasteiger partial charge in [-0.2, -0.15) is 0 Å². The lowest BCUT2D eigenvalue weighted by atomic mass is 10.1. The lowest BCUT2D eigenvalue weighted by Gasteiger charge is -2.21. The molecule has 1 aliphatic carbocycles. The summed E-state index contributed by atoms with van der Waals surface area (Å²) in [4.78, 5) is 23.9. The fraction of sp³-hybridized carbons (Fsp3) is 0.462. The topological polar surface area (TPSA) is 63.5 Å². The van der Waals surface area contributed by atoms with E-state index in [0.29, 0.717) is 25.1 Å². The molecule has 0 N–H and O–H groups in total. The van der Waals surface area contributed by atoms with Gasteiger partial charge < -0.3 is 4.90 Å². The average molecular weight is 284 g/mol. The summed E-state index contributed by atoms with van der Waals surface area (Å²) in [5.74, 6) is -3.20. The van der Waals surface area contributed by atoms with Gasteiger partial charge in [0.1, 0.15) is 5.56 Å². The molecule has 1 amide bonds. The molecule has 108 valence electrons. The number of hydrogen-bond acceptors (Lipinski definition) is 3. The van der Waals surface area contributed by atoms with Crippen LogP contribution in [0.25, 0.3) is 0 Å². The molecule has 1 saturated carbocycles. The maximum atomic E-state index is 13.3. The monoisotopic (exact) mass is 284 g/mol. The molecule has 2 rings (SSSR count). The molecule has 0 heterocycles. The van der Waals surface area contributed by atoms with E-state index in [0.717, 1.165) is 12.8 Å². The van der Waals surface area contributed by atoms with E-state index in [9.17, 15) is 23.7 Å². The number of hydrogen-bond donors (Lipinski definition) is 0. The second kappa shape index (κ2) is 5.52. The Balaban J connectivity index is 2.41. The van der Waals surface area contributed by atoms with Crippen molar-refractivity contribution in [3.8, 4) is 0 Å². The van der Waals surface area contributed by atoms with Crippen LogP contribution in [0.1, 0.15) is 36.5 Å². The lowest BCUT2D eigenvalue weighted by Crippen LogP contribution is -2.34. The van der Waals surface area contributed by atoms with E-state index in [1.165, 1.54) is 4.90 Å². The van der Waals surface area contributed by atoms with E-state index >= 15 is 0 Å². The van der Waals surface area contributed by atoms with E-state index in [1.807, 2.05) is 6.92 Å². The number of nitro benzene ring substituents is 1. The van der Waals surface area contributed by atoms with Crippen LogP contribution in [-0.2, 0) is 0 Å². The minimum Gasteiger partial charge on any atom is -0.335 e. The first-order valence-electron chi connectivity index (χ1n) is 6.40. The molecule has 1 fully saturated rings. The second-order valence-electron chi connectivity index (χ2n) is 4.77. The van der Waals surface area contributed by atoms with Crippen LogP contribution in [0.2, 0.25) is 0 Å². The van der Waals surface area contributed by atoms with Crippen molar-refractivity contribution < 1.29 is 18.5 Å². The quantitative estimate of drug-likeness (QED) is 0.617. The van der Waals surface area contributed by atoms with Gasteiger partial charge in [-0.25, -0.2) is 8.78 Å². The minimum absolute atomic E-state index is 0.0511. The van der Waals surface area contributed by atoms with Crippen LogP contribution in [0.3, 0.4) is 0 Å². The Hall–Kier alpha value is -2.05. The predicted molar refractivity (Wildman–Crippen MR) is 67.4 cm³/mol. The molecule has 0 bridgehead atoms. The van der Waals surface area contributed by atoms with Crippen LogP contribution in [0.15, 0.2) is 12.1 Å². The molecular formula is C13H14F2N2O3. The zero-order valence-corrected chi connectivity index (χ0v) is 10.9. The molecule has 5 nitrogen and oxygen atoms in total. The summed E-state index contributed by atoms with van der Waals surface area (Å²) in [5.41, 5.74) is -1.09. The first-order chi connectivity index (χ1) is 9.45. The van der Waals surface area contributed by atoms with Crippen LogP contribution in [0.5, 0.6) is 0 Å². The number of carbonyl (C=O) groups excluding carboxylic acids is 1. The highest BCUT2D eigenvalue weighted by atomic mass is 19.2. The standard InChI is InChI=1S/C13H14F2N2O3/c1-2-5-16(8-3-4-8)13(18)9-6-10(14)11(15)7-12(9)17(19)20/h6-8H,2-5H2,1H3. The molecule has 7 heteroatoms. The smallest absolute Gasteiger partial charge is 0.285 e. The third-order valence-corrected chi connectivity index (χ3v) is 3.18. The summed E-state index contributed by atoms with van der Waals surface area (Å²) in [6, 6.07) is 1.12. The van der Waals surface area contributed by atoms with Crippen molar-refractivity contribution in [1.82, 2.24) is 4.90 Å². The number of benzene rings is 1.